The molecule has 1 saturated heterocycles. The third kappa shape index (κ3) is 4.82. The molecule has 154 valence electrons. The van der Waals surface area contributed by atoms with Crippen LogP contribution in [0, 0.1) is 6.92 Å². The van der Waals surface area contributed by atoms with E-state index >= 15 is 0 Å². The molecule has 8 nitrogen and oxygen atoms in total. The summed E-state index contributed by atoms with van der Waals surface area (Å²) in [5.74, 6) is -1.04. The Kier molecular flexibility index (Phi) is 6.64. The topological polar surface area (TPSA) is 95.8 Å². The van der Waals surface area contributed by atoms with Gasteiger partial charge in [0.25, 0.3) is 0 Å². The summed E-state index contributed by atoms with van der Waals surface area (Å²) >= 11 is 0. The number of carbonyl (C=O) groups excluding carboxylic acids is 3. The molecule has 1 aliphatic rings. The van der Waals surface area contributed by atoms with Crippen LogP contribution in [0.25, 0.3) is 0 Å². The minimum atomic E-state index is -0.884. The van der Waals surface area contributed by atoms with Gasteiger partial charge in [-0.15, -0.1) is 0 Å². The highest BCUT2D eigenvalue weighted by Crippen LogP contribution is 2.24. The molecule has 29 heavy (non-hydrogen) atoms. The first kappa shape index (κ1) is 20.6. The van der Waals surface area contributed by atoms with Crippen LogP contribution in [-0.2, 0) is 20.9 Å². The molecule has 8 heteroatoms. The van der Waals surface area contributed by atoms with E-state index in [2.05, 4.69) is 10.5 Å². The van der Waals surface area contributed by atoms with Gasteiger partial charge >= 0.3 is 11.8 Å². The second kappa shape index (κ2) is 9.36. The maximum Gasteiger partial charge on any atom is 0.313 e. The number of unbranched alkanes of at least 4 members (excludes halogenated alkanes) is 1. The van der Waals surface area contributed by atoms with Crippen LogP contribution in [0.4, 0.5) is 0 Å². The van der Waals surface area contributed by atoms with Gasteiger partial charge in [0.15, 0.2) is 5.76 Å². The number of nitrogens with one attached hydrogen (secondary N) is 1. The molecule has 2 heterocycles. The number of aryl methyl sites for hydroxylation is 1. The number of piperazine rings is 1. The molecule has 1 fully saturated rings. The van der Waals surface area contributed by atoms with Gasteiger partial charge in [0, 0.05) is 25.7 Å². The number of hydrogen-bond acceptors (Lipinski definition) is 5. The van der Waals surface area contributed by atoms with Crippen molar-refractivity contribution in [3.63, 3.8) is 0 Å². The summed E-state index contributed by atoms with van der Waals surface area (Å²) in [7, 11) is 0. The fraction of sp³-hybridized carbons (Fsp3) is 0.429. The van der Waals surface area contributed by atoms with Crippen LogP contribution in [0.2, 0.25) is 0 Å². The highest BCUT2D eigenvalue weighted by molar-refractivity contribution is 6.35. The first-order valence-electron chi connectivity index (χ1n) is 9.86. The van der Waals surface area contributed by atoms with Gasteiger partial charge in [-0.2, -0.15) is 0 Å². The predicted molar refractivity (Wildman–Crippen MR) is 105 cm³/mol. The lowest BCUT2D eigenvalue weighted by Gasteiger charge is -2.38. The zero-order valence-corrected chi connectivity index (χ0v) is 16.8. The van der Waals surface area contributed by atoms with Crippen molar-refractivity contribution in [2.45, 2.75) is 39.3 Å². The number of hydrogen-bond donors (Lipinski definition) is 1. The third-order valence-corrected chi connectivity index (χ3v) is 4.91. The first-order valence-corrected chi connectivity index (χ1v) is 9.86. The van der Waals surface area contributed by atoms with E-state index in [-0.39, 0.29) is 12.5 Å². The van der Waals surface area contributed by atoms with Crippen molar-refractivity contribution >= 4 is 17.7 Å². The van der Waals surface area contributed by atoms with E-state index in [1.54, 1.807) is 42.2 Å². The maximum absolute atomic E-state index is 13.0. The van der Waals surface area contributed by atoms with Crippen LogP contribution >= 0.6 is 0 Å². The largest absolute Gasteiger partial charge is 0.359 e. The average Bonchev–Trinajstić information content (AvgIpc) is 3.15. The van der Waals surface area contributed by atoms with Gasteiger partial charge in [-0.3, -0.25) is 14.4 Å². The molecule has 1 aromatic heterocycles. The molecule has 1 atom stereocenters. The van der Waals surface area contributed by atoms with Crippen molar-refractivity contribution in [3.05, 3.63) is 53.4 Å². The summed E-state index contributed by atoms with van der Waals surface area (Å²) in [6.45, 7) is 5.27. The predicted octanol–water partition coefficient (Wildman–Crippen LogP) is 1.81. The van der Waals surface area contributed by atoms with Gasteiger partial charge in [-0.1, -0.05) is 48.8 Å². The van der Waals surface area contributed by atoms with Crippen molar-refractivity contribution < 1.29 is 18.9 Å². The number of amides is 3. The van der Waals surface area contributed by atoms with E-state index in [0.717, 1.165) is 18.5 Å². The van der Waals surface area contributed by atoms with Crippen LogP contribution in [0.5, 0.6) is 0 Å². The fourth-order valence-corrected chi connectivity index (χ4v) is 3.38. The van der Waals surface area contributed by atoms with Gasteiger partial charge in [0.1, 0.15) is 6.04 Å². The van der Waals surface area contributed by atoms with Crippen LogP contribution in [0.3, 0.4) is 0 Å². The van der Waals surface area contributed by atoms with Crippen LogP contribution in [-0.4, -0.2) is 52.3 Å². The summed E-state index contributed by atoms with van der Waals surface area (Å²) in [6, 6.07) is 9.86. The van der Waals surface area contributed by atoms with Crippen LogP contribution in [0.1, 0.15) is 42.8 Å². The lowest BCUT2D eigenvalue weighted by atomic mass is 10.0. The van der Waals surface area contributed by atoms with Gasteiger partial charge in [-0.25, -0.2) is 0 Å². The summed E-state index contributed by atoms with van der Waals surface area (Å²) in [4.78, 5) is 41.4. The van der Waals surface area contributed by atoms with E-state index in [9.17, 15) is 14.4 Å². The Hall–Kier alpha value is -3.16. The van der Waals surface area contributed by atoms with Crippen LogP contribution < -0.4 is 5.32 Å². The van der Waals surface area contributed by atoms with E-state index in [1.165, 1.54) is 4.90 Å². The summed E-state index contributed by atoms with van der Waals surface area (Å²) < 4.78 is 5.13. The van der Waals surface area contributed by atoms with E-state index in [4.69, 9.17) is 4.52 Å². The Morgan fingerprint density at radius 3 is 2.62 bits per heavy atom. The molecule has 0 spiro atoms. The highest BCUT2D eigenvalue weighted by atomic mass is 16.5. The van der Waals surface area contributed by atoms with E-state index in [1.807, 2.05) is 13.0 Å². The fourth-order valence-electron chi connectivity index (χ4n) is 3.38. The molecule has 0 saturated carbocycles. The van der Waals surface area contributed by atoms with Gasteiger partial charge in [-0.05, 0) is 18.9 Å². The van der Waals surface area contributed by atoms with Crippen molar-refractivity contribution in [1.82, 2.24) is 20.3 Å². The maximum atomic E-state index is 13.0. The molecule has 1 aromatic carbocycles. The van der Waals surface area contributed by atoms with Gasteiger partial charge in [0.2, 0.25) is 5.91 Å². The molecule has 1 N–H and O–H groups in total. The molecule has 2 aromatic rings. The number of carbonyl (C=O) groups is 3. The highest BCUT2D eigenvalue weighted by Gasteiger charge is 2.39. The summed E-state index contributed by atoms with van der Waals surface area (Å²) in [5, 5.41) is 6.60. The number of benzene rings is 1. The third-order valence-electron chi connectivity index (χ3n) is 4.91. The number of aromatic nitrogens is 1. The number of rotatable bonds is 8. The molecule has 0 bridgehead atoms. The van der Waals surface area contributed by atoms with Gasteiger partial charge < -0.3 is 19.6 Å². The Bertz CT molecular complexity index is 865. The number of nitrogens with zero attached hydrogens (tertiary/aromatic N) is 3. The smallest absolute Gasteiger partial charge is 0.313 e. The first-order chi connectivity index (χ1) is 14.0. The zero-order valence-electron chi connectivity index (χ0n) is 16.8. The molecular formula is C21H26N4O4. The quantitative estimate of drug-likeness (QED) is 0.684. The second-order valence-electron chi connectivity index (χ2n) is 7.11. The Morgan fingerprint density at radius 2 is 1.97 bits per heavy atom. The van der Waals surface area contributed by atoms with Crippen molar-refractivity contribution in [2.24, 2.45) is 0 Å². The second-order valence-corrected chi connectivity index (χ2v) is 7.11. The summed E-state index contributed by atoms with van der Waals surface area (Å²) in [5.41, 5.74) is 1.37. The van der Waals surface area contributed by atoms with Crippen LogP contribution in [0.15, 0.2) is 40.9 Å². The Morgan fingerprint density at radius 1 is 1.21 bits per heavy atom. The Labute approximate surface area is 169 Å². The zero-order chi connectivity index (χ0) is 20.8. The molecule has 1 aliphatic heterocycles. The molecular weight excluding hydrogens is 372 g/mol. The Balaban J connectivity index is 1.78. The molecule has 0 unspecified atom stereocenters. The lowest BCUT2D eigenvalue weighted by Crippen LogP contribution is -2.57. The molecule has 0 aliphatic carbocycles. The monoisotopic (exact) mass is 398 g/mol. The minimum Gasteiger partial charge on any atom is -0.359 e. The normalized spacial score (nSPS) is 15.5. The lowest BCUT2D eigenvalue weighted by molar-refractivity contribution is -0.159. The summed E-state index contributed by atoms with van der Waals surface area (Å²) in [6.07, 6.45) is 1.79. The molecule has 0 radical (unpaired) electrons. The minimum absolute atomic E-state index is 0.154. The van der Waals surface area contributed by atoms with Crippen molar-refractivity contribution in [1.29, 1.82) is 0 Å². The SMILES string of the molecule is CCCCN1CCN([C@@H](C(=O)NCc2cc(C)no2)c2ccccc2)C(=O)C1=O. The standard InChI is InChI=1S/C21H26N4O4/c1-3-4-10-24-11-12-25(21(28)20(24)27)18(16-8-6-5-7-9-16)19(26)22-14-17-13-15(2)23-29-17/h5-9,13,18H,3-4,10-12,14H2,1-2H3,(H,22,26)/t18-/m1/s1. The van der Waals surface area contributed by atoms with Gasteiger partial charge in [0.05, 0.1) is 12.2 Å². The van der Waals surface area contributed by atoms with E-state index < -0.39 is 17.9 Å². The van der Waals surface area contributed by atoms with Crippen molar-refractivity contribution in [2.75, 3.05) is 19.6 Å². The van der Waals surface area contributed by atoms with E-state index in [0.29, 0.717) is 31.0 Å². The van der Waals surface area contributed by atoms with Crippen molar-refractivity contribution in [3.8, 4) is 0 Å². The molecule has 3 amide bonds. The average molecular weight is 398 g/mol. The molecule has 3 rings (SSSR count).